The van der Waals surface area contributed by atoms with E-state index >= 15 is 0 Å². The second-order valence-electron chi connectivity index (χ2n) is 5.52. The second kappa shape index (κ2) is 7.24. The summed E-state index contributed by atoms with van der Waals surface area (Å²) in [4.78, 5) is 4.41. The van der Waals surface area contributed by atoms with Crippen LogP contribution in [0.2, 0.25) is 0 Å². The number of furan rings is 1. The van der Waals surface area contributed by atoms with Crippen LogP contribution < -0.4 is 5.32 Å². The van der Waals surface area contributed by atoms with Gasteiger partial charge in [0.2, 0.25) is 0 Å². The minimum atomic E-state index is 0.226. The van der Waals surface area contributed by atoms with Gasteiger partial charge in [-0.3, -0.25) is 0 Å². The van der Waals surface area contributed by atoms with Crippen molar-refractivity contribution < 1.29 is 4.42 Å². The molecule has 5 heteroatoms. The molecule has 0 radical (unpaired) electrons. The van der Waals surface area contributed by atoms with Gasteiger partial charge in [0.15, 0.2) is 0 Å². The average molecular weight is 276 g/mol. The SMILES string of the molecule is CCCNC(Cc1ncnn1CC(C)C)c1ccoc1. The van der Waals surface area contributed by atoms with Crippen molar-refractivity contribution in [1.82, 2.24) is 20.1 Å². The third-order valence-electron chi connectivity index (χ3n) is 3.21. The Hall–Kier alpha value is -1.62. The van der Waals surface area contributed by atoms with Crippen LogP contribution in [0.25, 0.3) is 0 Å². The van der Waals surface area contributed by atoms with E-state index in [1.165, 1.54) is 0 Å². The molecule has 20 heavy (non-hydrogen) atoms. The molecule has 0 amide bonds. The summed E-state index contributed by atoms with van der Waals surface area (Å²) in [5.74, 6) is 1.58. The van der Waals surface area contributed by atoms with E-state index in [4.69, 9.17) is 4.42 Å². The van der Waals surface area contributed by atoms with Crippen LogP contribution in [0.15, 0.2) is 29.3 Å². The summed E-state index contributed by atoms with van der Waals surface area (Å²) < 4.78 is 7.21. The van der Waals surface area contributed by atoms with Gasteiger partial charge in [-0.15, -0.1) is 0 Å². The molecular weight excluding hydrogens is 252 g/mol. The maximum Gasteiger partial charge on any atom is 0.138 e. The molecule has 2 heterocycles. The molecule has 0 aliphatic carbocycles. The Morgan fingerprint density at radius 2 is 2.25 bits per heavy atom. The van der Waals surface area contributed by atoms with Crippen LogP contribution in [0.5, 0.6) is 0 Å². The smallest absolute Gasteiger partial charge is 0.138 e. The highest BCUT2D eigenvalue weighted by molar-refractivity contribution is 5.13. The maximum atomic E-state index is 5.21. The summed E-state index contributed by atoms with van der Waals surface area (Å²) in [6, 6.07) is 2.24. The first-order valence-corrected chi connectivity index (χ1v) is 7.32. The number of hydrogen-bond acceptors (Lipinski definition) is 4. The first-order valence-electron chi connectivity index (χ1n) is 7.32. The number of aromatic nitrogens is 3. The van der Waals surface area contributed by atoms with Gasteiger partial charge in [0.25, 0.3) is 0 Å². The molecule has 1 atom stereocenters. The zero-order chi connectivity index (χ0) is 14.4. The van der Waals surface area contributed by atoms with Gasteiger partial charge in [-0.1, -0.05) is 20.8 Å². The van der Waals surface area contributed by atoms with Gasteiger partial charge in [0.1, 0.15) is 12.2 Å². The van der Waals surface area contributed by atoms with E-state index in [0.29, 0.717) is 5.92 Å². The van der Waals surface area contributed by atoms with Crippen molar-refractivity contribution in [3.8, 4) is 0 Å². The first-order chi connectivity index (χ1) is 9.70. The van der Waals surface area contributed by atoms with E-state index in [9.17, 15) is 0 Å². The second-order valence-corrected chi connectivity index (χ2v) is 5.52. The van der Waals surface area contributed by atoms with Crippen LogP contribution in [0.3, 0.4) is 0 Å². The Morgan fingerprint density at radius 1 is 1.40 bits per heavy atom. The number of nitrogens with one attached hydrogen (secondary N) is 1. The normalized spacial score (nSPS) is 13.0. The molecule has 110 valence electrons. The lowest BCUT2D eigenvalue weighted by molar-refractivity contribution is 0.442. The highest BCUT2D eigenvalue weighted by Crippen LogP contribution is 2.18. The van der Waals surface area contributed by atoms with Crippen LogP contribution in [0, 0.1) is 5.92 Å². The van der Waals surface area contributed by atoms with Crippen molar-refractivity contribution >= 4 is 0 Å². The van der Waals surface area contributed by atoms with E-state index in [-0.39, 0.29) is 6.04 Å². The van der Waals surface area contributed by atoms with Gasteiger partial charge >= 0.3 is 0 Å². The standard InChI is InChI=1S/C15H24N4O/c1-4-6-16-14(13-5-7-20-10-13)8-15-17-11-18-19(15)9-12(2)3/h5,7,10-12,14,16H,4,6,8-9H2,1-3H3. The highest BCUT2D eigenvalue weighted by Gasteiger charge is 2.16. The highest BCUT2D eigenvalue weighted by atomic mass is 16.3. The molecule has 0 aliphatic heterocycles. The van der Waals surface area contributed by atoms with Crippen LogP contribution in [0.4, 0.5) is 0 Å². The van der Waals surface area contributed by atoms with E-state index in [1.54, 1.807) is 18.9 Å². The van der Waals surface area contributed by atoms with Crippen molar-refractivity contribution in [1.29, 1.82) is 0 Å². The lowest BCUT2D eigenvalue weighted by Gasteiger charge is -2.17. The molecule has 0 aromatic carbocycles. The summed E-state index contributed by atoms with van der Waals surface area (Å²) in [7, 11) is 0. The van der Waals surface area contributed by atoms with Crippen LogP contribution in [-0.4, -0.2) is 21.3 Å². The molecular formula is C15H24N4O. The van der Waals surface area contributed by atoms with Crippen molar-refractivity contribution in [2.24, 2.45) is 5.92 Å². The topological polar surface area (TPSA) is 55.9 Å². The van der Waals surface area contributed by atoms with E-state index in [1.807, 2.05) is 10.7 Å². The maximum absolute atomic E-state index is 5.21. The third kappa shape index (κ3) is 3.93. The van der Waals surface area contributed by atoms with Crippen LogP contribution in [0.1, 0.15) is 44.6 Å². The number of hydrogen-bond donors (Lipinski definition) is 1. The molecule has 0 aliphatic rings. The largest absolute Gasteiger partial charge is 0.472 e. The lowest BCUT2D eigenvalue weighted by Crippen LogP contribution is -2.25. The molecule has 2 aromatic heterocycles. The molecule has 1 unspecified atom stereocenters. The molecule has 2 aromatic rings. The summed E-state index contributed by atoms with van der Waals surface area (Å²) >= 11 is 0. The van der Waals surface area contributed by atoms with E-state index in [2.05, 4.69) is 36.2 Å². The molecule has 0 bridgehead atoms. The quantitative estimate of drug-likeness (QED) is 0.805. The average Bonchev–Trinajstić information content (AvgIpc) is 3.05. The minimum absolute atomic E-state index is 0.226. The number of nitrogens with zero attached hydrogens (tertiary/aromatic N) is 3. The lowest BCUT2D eigenvalue weighted by atomic mass is 10.1. The molecule has 5 nitrogen and oxygen atoms in total. The van der Waals surface area contributed by atoms with Crippen molar-refractivity contribution in [3.05, 3.63) is 36.3 Å². The molecule has 2 rings (SSSR count). The van der Waals surface area contributed by atoms with Gasteiger partial charge in [0, 0.05) is 24.6 Å². The summed E-state index contributed by atoms with van der Waals surface area (Å²) in [5.41, 5.74) is 1.16. The van der Waals surface area contributed by atoms with Gasteiger partial charge in [-0.25, -0.2) is 9.67 Å². The Morgan fingerprint density at radius 3 is 2.90 bits per heavy atom. The zero-order valence-electron chi connectivity index (χ0n) is 12.5. The molecule has 0 spiro atoms. The Bertz CT molecular complexity index is 490. The predicted octanol–water partition coefficient (Wildman–Crippen LogP) is 2.81. The zero-order valence-corrected chi connectivity index (χ0v) is 12.5. The van der Waals surface area contributed by atoms with Crippen molar-refractivity contribution in [3.63, 3.8) is 0 Å². The first kappa shape index (κ1) is 14.8. The summed E-state index contributed by atoms with van der Waals surface area (Å²) in [6.07, 6.45) is 7.09. The van der Waals surface area contributed by atoms with Crippen LogP contribution >= 0.6 is 0 Å². The van der Waals surface area contributed by atoms with Crippen molar-refractivity contribution in [2.75, 3.05) is 6.54 Å². The van der Waals surface area contributed by atoms with Crippen molar-refractivity contribution in [2.45, 2.75) is 46.2 Å². The van der Waals surface area contributed by atoms with Crippen LogP contribution in [-0.2, 0) is 13.0 Å². The number of rotatable bonds is 8. The Labute approximate surface area is 120 Å². The summed E-state index contributed by atoms with van der Waals surface area (Å²) in [6.45, 7) is 8.43. The van der Waals surface area contributed by atoms with Gasteiger partial charge < -0.3 is 9.73 Å². The van der Waals surface area contributed by atoms with Gasteiger partial charge in [0.05, 0.1) is 12.5 Å². The monoisotopic (exact) mass is 276 g/mol. The van der Waals surface area contributed by atoms with E-state index < -0.39 is 0 Å². The third-order valence-corrected chi connectivity index (χ3v) is 3.21. The van der Waals surface area contributed by atoms with E-state index in [0.717, 1.165) is 37.3 Å². The Balaban J connectivity index is 2.09. The predicted molar refractivity (Wildman–Crippen MR) is 78.3 cm³/mol. The molecule has 0 fully saturated rings. The molecule has 1 N–H and O–H groups in total. The molecule has 0 saturated carbocycles. The summed E-state index contributed by atoms with van der Waals surface area (Å²) in [5, 5.41) is 7.87. The molecule has 0 saturated heterocycles. The fourth-order valence-electron chi connectivity index (χ4n) is 2.23. The fraction of sp³-hybridized carbons (Fsp3) is 0.600. The van der Waals surface area contributed by atoms with Gasteiger partial charge in [-0.05, 0) is 24.9 Å². The Kier molecular flexibility index (Phi) is 5.35. The fourth-order valence-corrected chi connectivity index (χ4v) is 2.23. The minimum Gasteiger partial charge on any atom is -0.472 e. The van der Waals surface area contributed by atoms with Gasteiger partial charge in [-0.2, -0.15) is 5.10 Å².